The van der Waals surface area contributed by atoms with Crippen LogP contribution >= 0.6 is 0 Å². The molecule has 3 nitrogen and oxygen atoms in total. The minimum atomic E-state index is -0.153. The summed E-state index contributed by atoms with van der Waals surface area (Å²) in [6.07, 6.45) is 1.97. The molecule has 0 aliphatic carbocycles. The second kappa shape index (κ2) is 5.90. The van der Waals surface area contributed by atoms with Crippen LogP contribution < -0.4 is 10.2 Å². The maximum atomic E-state index is 12.5. The van der Waals surface area contributed by atoms with E-state index in [1.807, 2.05) is 55.5 Å². The van der Waals surface area contributed by atoms with Crippen LogP contribution in [0.5, 0.6) is 5.75 Å². The molecule has 1 aromatic heterocycles. The topological polar surface area (TPSA) is 39.4 Å². The number of hydrogen-bond acceptors (Lipinski definition) is 3. The maximum absolute atomic E-state index is 12.5. The summed E-state index contributed by atoms with van der Waals surface area (Å²) < 4.78 is 11.2. The molecular weight excluding hydrogens is 276 g/mol. The van der Waals surface area contributed by atoms with Crippen LogP contribution in [0.15, 0.2) is 63.8 Å². The third-order valence-corrected chi connectivity index (χ3v) is 3.50. The zero-order chi connectivity index (χ0) is 15.5. The molecule has 2 aromatic carbocycles. The quantitative estimate of drug-likeness (QED) is 0.720. The van der Waals surface area contributed by atoms with Gasteiger partial charge in [0, 0.05) is 0 Å². The Morgan fingerprint density at radius 3 is 2.45 bits per heavy atom. The summed E-state index contributed by atoms with van der Waals surface area (Å²) in [5, 5.41) is 0.524. The normalized spacial score (nSPS) is 11.6. The summed E-state index contributed by atoms with van der Waals surface area (Å²) in [6.45, 7) is 1.91. The Labute approximate surface area is 128 Å². The van der Waals surface area contributed by atoms with Gasteiger partial charge in [-0.25, -0.2) is 0 Å². The molecule has 1 heterocycles. The van der Waals surface area contributed by atoms with Gasteiger partial charge >= 0.3 is 0 Å². The van der Waals surface area contributed by atoms with Gasteiger partial charge < -0.3 is 9.15 Å². The van der Waals surface area contributed by atoms with E-state index in [2.05, 4.69) is 0 Å². The number of methoxy groups -OCH3 is 1. The molecule has 0 N–H and O–H groups in total. The zero-order valence-electron chi connectivity index (χ0n) is 12.5. The van der Waals surface area contributed by atoms with Crippen LogP contribution in [0.2, 0.25) is 0 Å². The first-order valence-electron chi connectivity index (χ1n) is 7.04. The Bertz CT molecular complexity index is 889. The molecule has 22 heavy (non-hydrogen) atoms. The molecule has 0 aliphatic rings. The van der Waals surface area contributed by atoms with E-state index in [4.69, 9.17) is 9.15 Å². The highest BCUT2D eigenvalue weighted by Gasteiger charge is 2.16. The molecule has 110 valence electrons. The van der Waals surface area contributed by atoms with Crippen molar-refractivity contribution < 1.29 is 9.15 Å². The van der Waals surface area contributed by atoms with Gasteiger partial charge in [0.05, 0.1) is 12.5 Å². The summed E-state index contributed by atoms with van der Waals surface area (Å²) in [6, 6.07) is 17.1. The highest BCUT2D eigenvalue weighted by Crippen LogP contribution is 2.28. The fraction of sp³-hybridized carbons (Fsp3) is 0.105. The Hall–Kier alpha value is -2.81. The summed E-state index contributed by atoms with van der Waals surface area (Å²) in [7, 11) is 1.49. The van der Waals surface area contributed by atoms with E-state index < -0.39 is 0 Å². The van der Waals surface area contributed by atoms with Gasteiger partial charge in [-0.2, -0.15) is 0 Å². The van der Waals surface area contributed by atoms with E-state index in [1.54, 1.807) is 12.1 Å². The van der Waals surface area contributed by atoms with Gasteiger partial charge in [0.15, 0.2) is 5.76 Å². The molecule has 0 atom stereocenters. The monoisotopic (exact) mass is 292 g/mol. The van der Waals surface area contributed by atoms with Crippen molar-refractivity contribution in [2.24, 2.45) is 0 Å². The Morgan fingerprint density at radius 1 is 1.05 bits per heavy atom. The summed E-state index contributed by atoms with van der Waals surface area (Å²) in [5.74, 6) is 0.707. The minimum Gasteiger partial charge on any atom is -0.490 e. The van der Waals surface area contributed by atoms with Crippen LogP contribution in [0.1, 0.15) is 18.2 Å². The second-order valence-corrected chi connectivity index (χ2v) is 5.03. The van der Waals surface area contributed by atoms with E-state index in [-0.39, 0.29) is 11.2 Å². The van der Waals surface area contributed by atoms with Crippen molar-refractivity contribution in [1.82, 2.24) is 0 Å². The number of hydrogen-bond donors (Lipinski definition) is 0. The van der Waals surface area contributed by atoms with Crippen LogP contribution in [0, 0.1) is 0 Å². The van der Waals surface area contributed by atoms with Crippen LogP contribution in [0.3, 0.4) is 0 Å². The number of ether oxygens (including phenoxy) is 1. The molecule has 0 amide bonds. The lowest BCUT2D eigenvalue weighted by molar-refractivity contribution is 0.390. The third-order valence-electron chi connectivity index (χ3n) is 3.50. The Balaban J connectivity index is 2.22. The fourth-order valence-corrected chi connectivity index (χ4v) is 2.43. The first kappa shape index (κ1) is 14.1. The SMILES string of the molecule is COc1c(/C(C)=C/c2ccccc2)oc2ccccc2c1=O. The van der Waals surface area contributed by atoms with Gasteiger partial charge in [0.25, 0.3) is 0 Å². The highest BCUT2D eigenvalue weighted by molar-refractivity contribution is 5.85. The van der Waals surface area contributed by atoms with Crippen molar-refractivity contribution in [3.05, 3.63) is 76.1 Å². The molecule has 3 rings (SSSR count). The largest absolute Gasteiger partial charge is 0.490 e. The lowest BCUT2D eigenvalue weighted by atomic mass is 10.1. The zero-order valence-corrected chi connectivity index (χ0v) is 12.5. The molecule has 3 aromatic rings. The van der Waals surface area contributed by atoms with Gasteiger partial charge in [-0.3, -0.25) is 4.79 Å². The van der Waals surface area contributed by atoms with E-state index >= 15 is 0 Å². The standard InChI is InChI=1S/C19H16O3/c1-13(12-14-8-4-3-5-9-14)18-19(21-2)17(20)15-10-6-7-11-16(15)22-18/h3-12H,1-2H3/b13-12+. The number of rotatable bonds is 3. The fourth-order valence-electron chi connectivity index (χ4n) is 2.43. The summed E-state index contributed by atoms with van der Waals surface area (Å²) in [5.41, 5.74) is 2.29. The van der Waals surface area contributed by atoms with Crippen LogP contribution in [0.25, 0.3) is 22.6 Å². The molecule has 0 fully saturated rings. The molecule has 0 aliphatic heterocycles. The smallest absolute Gasteiger partial charge is 0.235 e. The van der Waals surface area contributed by atoms with Gasteiger partial charge in [-0.1, -0.05) is 42.5 Å². The summed E-state index contributed by atoms with van der Waals surface area (Å²) in [4.78, 5) is 12.5. The van der Waals surface area contributed by atoms with Crippen LogP contribution in [0.4, 0.5) is 0 Å². The van der Waals surface area contributed by atoms with Gasteiger partial charge in [-0.15, -0.1) is 0 Å². The number of benzene rings is 2. The van der Waals surface area contributed by atoms with Gasteiger partial charge in [-0.05, 0) is 36.3 Å². The third kappa shape index (κ3) is 2.53. The van der Waals surface area contributed by atoms with Crippen molar-refractivity contribution in [2.75, 3.05) is 7.11 Å². The van der Waals surface area contributed by atoms with E-state index in [0.29, 0.717) is 16.7 Å². The molecule has 0 saturated heterocycles. The molecule has 0 bridgehead atoms. The van der Waals surface area contributed by atoms with Gasteiger partial charge in [0.2, 0.25) is 11.2 Å². The summed E-state index contributed by atoms with van der Waals surface area (Å²) >= 11 is 0. The van der Waals surface area contributed by atoms with Crippen molar-refractivity contribution in [3.8, 4) is 5.75 Å². The van der Waals surface area contributed by atoms with E-state index in [0.717, 1.165) is 11.1 Å². The van der Waals surface area contributed by atoms with Crippen molar-refractivity contribution in [3.63, 3.8) is 0 Å². The average Bonchev–Trinajstić information content (AvgIpc) is 2.55. The molecule has 0 spiro atoms. The van der Waals surface area contributed by atoms with Crippen molar-refractivity contribution >= 4 is 22.6 Å². The number of fused-ring (bicyclic) bond motifs is 1. The first-order valence-corrected chi connectivity index (χ1v) is 7.04. The second-order valence-electron chi connectivity index (χ2n) is 5.03. The molecule has 0 unspecified atom stereocenters. The van der Waals surface area contributed by atoms with Crippen molar-refractivity contribution in [1.29, 1.82) is 0 Å². The van der Waals surface area contributed by atoms with Crippen molar-refractivity contribution in [2.45, 2.75) is 6.92 Å². The minimum absolute atomic E-state index is 0.153. The molecule has 0 radical (unpaired) electrons. The lowest BCUT2D eigenvalue weighted by Gasteiger charge is -2.09. The van der Waals surface area contributed by atoms with Crippen LogP contribution in [-0.4, -0.2) is 7.11 Å². The highest BCUT2D eigenvalue weighted by atomic mass is 16.5. The van der Waals surface area contributed by atoms with E-state index in [9.17, 15) is 4.79 Å². The Kier molecular flexibility index (Phi) is 3.79. The maximum Gasteiger partial charge on any atom is 0.235 e. The average molecular weight is 292 g/mol. The Morgan fingerprint density at radius 2 is 1.73 bits per heavy atom. The predicted molar refractivity (Wildman–Crippen MR) is 89.0 cm³/mol. The van der Waals surface area contributed by atoms with E-state index in [1.165, 1.54) is 7.11 Å². The number of allylic oxidation sites excluding steroid dienone is 1. The molecular formula is C19H16O3. The number of para-hydroxylation sites is 1. The van der Waals surface area contributed by atoms with Gasteiger partial charge in [0.1, 0.15) is 5.58 Å². The first-order chi connectivity index (χ1) is 10.7. The molecule has 0 saturated carbocycles. The van der Waals surface area contributed by atoms with Crippen LogP contribution in [-0.2, 0) is 0 Å². The predicted octanol–water partition coefficient (Wildman–Crippen LogP) is 4.36. The molecule has 3 heteroatoms. The lowest BCUT2D eigenvalue weighted by Crippen LogP contribution is -2.08.